The van der Waals surface area contributed by atoms with Crippen LogP contribution in [0.5, 0.6) is 11.5 Å². The fourth-order valence-corrected chi connectivity index (χ4v) is 2.46. The maximum atomic E-state index is 12.7. The van der Waals surface area contributed by atoms with E-state index in [0.29, 0.717) is 6.61 Å². The smallest absolute Gasteiger partial charge is 0.387 e. The van der Waals surface area contributed by atoms with Gasteiger partial charge < -0.3 is 19.5 Å². The zero-order valence-electron chi connectivity index (χ0n) is 15.5. The summed E-state index contributed by atoms with van der Waals surface area (Å²) >= 11 is 0. The van der Waals surface area contributed by atoms with Crippen molar-refractivity contribution < 1.29 is 27.8 Å². The summed E-state index contributed by atoms with van der Waals surface area (Å²) < 4.78 is 40.6. The summed E-state index contributed by atoms with van der Waals surface area (Å²) in [7, 11) is 1.32. The van der Waals surface area contributed by atoms with E-state index in [1.807, 2.05) is 38.1 Å². The molecule has 0 radical (unpaired) electrons. The van der Waals surface area contributed by atoms with Crippen LogP contribution in [0, 0.1) is 0 Å². The number of rotatable bonds is 9. The van der Waals surface area contributed by atoms with Gasteiger partial charge in [-0.25, -0.2) is 0 Å². The molecule has 0 saturated heterocycles. The van der Waals surface area contributed by atoms with Crippen LogP contribution in [0.15, 0.2) is 42.5 Å². The summed E-state index contributed by atoms with van der Waals surface area (Å²) in [5.74, 6) is -0.762. The van der Waals surface area contributed by atoms with E-state index in [9.17, 15) is 13.6 Å². The second-order valence-electron chi connectivity index (χ2n) is 6.03. The molecule has 0 unspecified atom stereocenters. The van der Waals surface area contributed by atoms with Crippen LogP contribution in [-0.2, 0) is 17.9 Å². The second-order valence-corrected chi connectivity index (χ2v) is 6.03. The van der Waals surface area contributed by atoms with E-state index in [0.717, 1.165) is 11.1 Å². The van der Waals surface area contributed by atoms with Gasteiger partial charge in [-0.3, -0.25) is 4.79 Å². The lowest BCUT2D eigenvalue weighted by atomic mass is 10.1. The lowest BCUT2D eigenvalue weighted by Gasteiger charge is -2.15. The molecule has 0 aliphatic rings. The third-order valence-electron chi connectivity index (χ3n) is 3.78. The van der Waals surface area contributed by atoms with Crippen molar-refractivity contribution in [2.24, 2.45) is 0 Å². The third-order valence-corrected chi connectivity index (χ3v) is 3.78. The van der Waals surface area contributed by atoms with E-state index in [-0.39, 0.29) is 29.7 Å². The highest BCUT2D eigenvalue weighted by atomic mass is 19.3. The standard InChI is InChI=1S/C20H23F2NO4/c1-13(2)26-12-15-8-5-4-7-14(15)11-23-19(24)16-9-6-10-17(25-3)18(16)27-20(21)22/h4-10,13,20H,11-12H2,1-3H3,(H,23,24). The molecule has 2 rings (SSSR count). The van der Waals surface area contributed by atoms with E-state index in [1.165, 1.54) is 25.3 Å². The van der Waals surface area contributed by atoms with E-state index in [2.05, 4.69) is 10.1 Å². The summed E-state index contributed by atoms with van der Waals surface area (Å²) in [5.41, 5.74) is 1.80. The monoisotopic (exact) mass is 379 g/mol. The lowest BCUT2D eigenvalue weighted by molar-refractivity contribution is -0.0515. The van der Waals surface area contributed by atoms with E-state index in [4.69, 9.17) is 9.47 Å². The Morgan fingerprint density at radius 3 is 2.41 bits per heavy atom. The molecule has 0 aliphatic carbocycles. The van der Waals surface area contributed by atoms with Crippen molar-refractivity contribution in [3.05, 3.63) is 59.2 Å². The largest absolute Gasteiger partial charge is 0.493 e. The molecule has 7 heteroatoms. The molecule has 0 atom stereocenters. The van der Waals surface area contributed by atoms with Gasteiger partial charge in [-0.1, -0.05) is 30.3 Å². The molecule has 2 aromatic rings. The molecular formula is C20H23F2NO4. The van der Waals surface area contributed by atoms with E-state index < -0.39 is 12.5 Å². The topological polar surface area (TPSA) is 56.8 Å². The number of amides is 1. The minimum atomic E-state index is -3.07. The van der Waals surface area contributed by atoms with Crippen molar-refractivity contribution in [3.8, 4) is 11.5 Å². The quantitative estimate of drug-likeness (QED) is 0.711. The summed E-state index contributed by atoms with van der Waals surface area (Å²) in [6.45, 7) is 1.46. The first kappa shape index (κ1) is 20.6. The van der Waals surface area contributed by atoms with Gasteiger partial charge in [-0.2, -0.15) is 8.78 Å². The fraction of sp³-hybridized carbons (Fsp3) is 0.350. The van der Waals surface area contributed by atoms with E-state index >= 15 is 0 Å². The van der Waals surface area contributed by atoms with Gasteiger partial charge in [-0.15, -0.1) is 0 Å². The average Bonchev–Trinajstić information content (AvgIpc) is 2.64. The number of ether oxygens (including phenoxy) is 3. The molecule has 0 bridgehead atoms. The minimum Gasteiger partial charge on any atom is -0.493 e. The van der Waals surface area contributed by atoms with Crippen LogP contribution in [0.25, 0.3) is 0 Å². The second kappa shape index (κ2) is 9.87. The van der Waals surface area contributed by atoms with Crippen molar-refractivity contribution in [2.75, 3.05) is 7.11 Å². The number of halogens is 2. The molecule has 5 nitrogen and oxygen atoms in total. The molecule has 0 heterocycles. The zero-order chi connectivity index (χ0) is 19.8. The number of hydrogen-bond acceptors (Lipinski definition) is 4. The highest BCUT2D eigenvalue weighted by molar-refractivity contribution is 5.97. The Kier molecular flexibility index (Phi) is 7.55. The Balaban J connectivity index is 2.15. The number of para-hydroxylation sites is 1. The highest BCUT2D eigenvalue weighted by Gasteiger charge is 2.20. The Hall–Kier alpha value is -2.67. The summed E-state index contributed by atoms with van der Waals surface area (Å²) in [5, 5.41) is 2.73. The van der Waals surface area contributed by atoms with Crippen molar-refractivity contribution in [2.45, 2.75) is 39.7 Å². The van der Waals surface area contributed by atoms with Gasteiger partial charge in [-0.05, 0) is 37.1 Å². The van der Waals surface area contributed by atoms with Crippen LogP contribution in [-0.4, -0.2) is 25.7 Å². The van der Waals surface area contributed by atoms with Gasteiger partial charge in [0, 0.05) is 6.54 Å². The van der Waals surface area contributed by atoms with Gasteiger partial charge >= 0.3 is 6.61 Å². The molecule has 27 heavy (non-hydrogen) atoms. The molecule has 0 aliphatic heterocycles. The maximum absolute atomic E-state index is 12.7. The molecule has 0 aromatic heterocycles. The first-order chi connectivity index (χ1) is 12.9. The van der Waals surface area contributed by atoms with Crippen molar-refractivity contribution >= 4 is 5.91 Å². The van der Waals surface area contributed by atoms with Crippen molar-refractivity contribution in [1.82, 2.24) is 5.32 Å². The van der Waals surface area contributed by atoms with E-state index in [1.54, 1.807) is 0 Å². The SMILES string of the molecule is COc1cccc(C(=O)NCc2ccccc2COC(C)C)c1OC(F)F. The van der Waals surface area contributed by atoms with Crippen LogP contribution in [0.3, 0.4) is 0 Å². The predicted molar refractivity (Wildman–Crippen MR) is 97.2 cm³/mol. The number of alkyl halides is 2. The van der Waals surface area contributed by atoms with Gasteiger partial charge in [0.1, 0.15) is 0 Å². The number of nitrogens with one attached hydrogen (secondary N) is 1. The van der Waals surface area contributed by atoms with Crippen LogP contribution >= 0.6 is 0 Å². The molecule has 0 spiro atoms. The highest BCUT2D eigenvalue weighted by Crippen LogP contribution is 2.32. The zero-order valence-corrected chi connectivity index (χ0v) is 15.5. The van der Waals surface area contributed by atoms with Gasteiger partial charge in [0.15, 0.2) is 11.5 Å². The molecule has 1 N–H and O–H groups in total. The average molecular weight is 379 g/mol. The Morgan fingerprint density at radius 1 is 1.07 bits per heavy atom. The maximum Gasteiger partial charge on any atom is 0.387 e. The van der Waals surface area contributed by atoms with Crippen LogP contribution in [0.1, 0.15) is 35.3 Å². The Morgan fingerprint density at radius 2 is 1.78 bits per heavy atom. The molecule has 0 fully saturated rings. The Bertz CT molecular complexity index is 765. The molecule has 1 amide bonds. The fourth-order valence-electron chi connectivity index (χ4n) is 2.46. The number of benzene rings is 2. The van der Waals surface area contributed by atoms with Gasteiger partial charge in [0.05, 0.1) is 25.4 Å². The van der Waals surface area contributed by atoms with Gasteiger partial charge in [0.2, 0.25) is 0 Å². The summed E-state index contributed by atoms with van der Waals surface area (Å²) in [6.07, 6.45) is 0.0819. The first-order valence-electron chi connectivity index (χ1n) is 8.50. The Labute approximate surface area is 157 Å². The van der Waals surface area contributed by atoms with Crippen LogP contribution < -0.4 is 14.8 Å². The molecular weight excluding hydrogens is 356 g/mol. The minimum absolute atomic E-state index is 0.0226. The number of carbonyl (C=O) groups is 1. The van der Waals surface area contributed by atoms with Crippen molar-refractivity contribution in [1.29, 1.82) is 0 Å². The van der Waals surface area contributed by atoms with Gasteiger partial charge in [0.25, 0.3) is 5.91 Å². The van der Waals surface area contributed by atoms with Crippen LogP contribution in [0.4, 0.5) is 8.78 Å². The summed E-state index contributed by atoms with van der Waals surface area (Å²) in [6, 6.07) is 11.9. The number of carbonyl (C=O) groups excluding carboxylic acids is 1. The third kappa shape index (κ3) is 5.92. The normalized spacial score (nSPS) is 10.9. The molecule has 146 valence electrons. The molecule has 2 aromatic carbocycles. The number of hydrogen-bond donors (Lipinski definition) is 1. The number of methoxy groups -OCH3 is 1. The predicted octanol–water partition coefficient (Wildman–Crippen LogP) is 4.15. The molecule has 0 saturated carbocycles. The van der Waals surface area contributed by atoms with Crippen LogP contribution in [0.2, 0.25) is 0 Å². The summed E-state index contributed by atoms with van der Waals surface area (Å²) in [4.78, 5) is 12.5. The van der Waals surface area contributed by atoms with Crippen molar-refractivity contribution in [3.63, 3.8) is 0 Å². The lowest BCUT2D eigenvalue weighted by Crippen LogP contribution is -2.24. The first-order valence-corrected chi connectivity index (χ1v) is 8.50.